The Morgan fingerprint density at radius 3 is 2.90 bits per heavy atom. The molecule has 0 radical (unpaired) electrons. The highest BCUT2D eigenvalue weighted by Gasteiger charge is 2.25. The van der Waals surface area contributed by atoms with Crippen LogP contribution in [0.25, 0.3) is 10.4 Å². The Balaban J connectivity index is 2.16. The van der Waals surface area contributed by atoms with E-state index in [0.717, 1.165) is 27.4 Å². The van der Waals surface area contributed by atoms with Gasteiger partial charge in [-0.25, -0.2) is 4.39 Å². The van der Waals surface area contributed by atoms with E-state index in [1.807, 2.05) is 6.07 Å². The van der Waals surface area contributed by atoms with Gasteiger partial charge in [0.15, 0.2) is 0 Å². The van der Waals surface area contributed by atoms with Gasteiger partial charge < -0.3 is 10.1 Å². The van der Waals surface area contributed by atoms with Crippen molar-refractivity contribution in [3.63, 3.8) is 0 Å². The number of amides is 1. The summed E-state index contributed by atoms with van der Waals surface area (Å²) >= 11 is 1.47. The van der Waals surface area contributed by atoms with Crippen molar-refractivity contribution in [2.75, 3.05) is 12.4 Å². The molecule has 1 aromatic carbocycles. The zero-order valence-corrected chi connectivity index (χ0v) is 12.1. The molecule has 0 saturated carbocycles. The molecule has 0 fully saturated rings. The van der Waals surface area contributed by atoms with Crippen molar-refractivity contribution in [1.29, 1.82) is 0 Å². The van der Waals surface area contributed by atoms with E-state index in [1.54, 1.807) is 13.2 Å². The quantitative estimate of drug-likeness (QED) is 0.917. The Morgan fingerprint density at radius 2 is 2.20 bits per heavy atom. The first-order chi connectivity index (χ1) is 9.60. The molecule has 104 valence electrons. The Bertz CT molecular complexity index is 693. The zero-order valence-electron chi connectivity index (χ0n) is 11.2. The van der Waals surface area contributed by atoms with Crippen LogP contribution in [-0.4, -0.2) is 13.0 Å². The highest BCUT2D eigenvalue weighted by Crippen LogP contribution is 2.46. The Labute approximate surface area is 120 Å². The van der Waals surface area contributed by atoms with Crippen LogP contribution in [0.1, 0.15) is 18.1 Å². The highest BCUT2D eigenvalue weighted by atomic mass is 32.1. The second-order valence-electron chi connectivity index (χ2n) is 4.75. The summed E-state index contributed by atoms with van der Waals surface area (Å²) in [5, 5.41) is 3.58. The standard InChI is InChI=1S/C15H14FNO2S/c1-8(18)17-13-7-9-3-4-10-11(16)5-6-12(19-2)14(10)15(9)20-13/h5-7H,3-4H2,1-2H3,(H,17,18). The topological polar surface area (TPSA) is 38.3 Å². The molecule has 0 unspecified atom stereocenters. The Kier molecular flexibility index (Phi) is 3.22. The predicted molar refractivity (Wildman–Crippen MR) is 78.0 cm³/mol. The van der Waals surface area contributed by atoms with Gasteiger partial charge in [-0.2, -0.15) is 0 Å². The molecule has 5 heteroatoms. The van der Waals surface area contributed by atoms with Crippen LogP contribution in [0.15, 0.2) is 18.2 Å². The van der Waals surface area contributed by atoms with Gasteiger partial charge >= 0.3 is 0 Å². The minimum atomic E-state index is -0.194. The van der Waals surface area contributed by atoms with E-state index in [1.165, 1.54) is 24.3 Å². The average Bonchev–Trinajstić information content (AvgIpc) is 2.80. The fourth-order valence-corrected chi connectivity index (χ4v) is 3.82. The summed E-state index contributed by atoms with van der Waals surface area (Å²) in [6.07, 6.45) is 1.43. The molecule has 0 bridgehead atoms. The lowest BCUT2D eigenvalue weighted by molar-refractivity contribution is -0.114. The number of aryl methyl sites for hydroxylation is 1. The molecular formula is C15H14FNO2S. The number of fused-ring (bicyclic) bond motifs is 3. The summed E-state index contributed by atoms with van der Waals surface area (Å²) in [6, 6.07) is 5.07. The lowest BCUT2D eigenvalue weighted by Gasteiger charge is -2.19. The molecule has 0 spiro atoms. The van der Waals surface area contributed by atoms with E-state index in [4.69, 9.17) is 4.74 Å². The van der Waals surface area contributed by atoms with Crippen LogP contribution < -0.4 is 10.1 Å². The molecule has 1 aromatic heterocycles. The summed E-state index contributed by atoms with van der Waals surface area (Å²) in [6.45, 7) is 1.48. The summed E-state index contributed by atoms with van der Waals surface area (Å²) in [5.41, 5.74) is 2.67. The van der Waals surface area contributed by atoms with Gasteiger partial charge in [0.1, 0.15) is 11.6 Å². The van der Waals surface area contributed by atoms with E-state index in [0.29, 0.717) is 17.7 Å². The van der Waals surface area contributed by atoms with Gasteiger partial charge in [-0.1, -0.05) is 0 Å². The molecule has 0 atom stereocenters. The molecule has 0 aliphatic heterocycles. The fourth-order valence-electron chi connectivity index (χ4n) is 2.59. The normalized spacial score (nSPS) is 12.6. The molecule has 3 nitrogen and oxygen atoms in total. The van der Waals surface area contributed by atoms with Gasteiger partial charge in [0, 0.05) is 22.9 Å². The first kappa shape index (κ1) is 13.1. The van der Waals surface area contributed by atoms with E-state index < -0.39 is 0 Å². The molecular weight excluding hydrogens is 277 g/mol. The van der Waals surface area contributed by atoms with Crippen molar-refractivity contribution < 1.29 is 13.9 Å². The maximum absolute atomic E-state index is 14.0. The average molecular weight is 291 g/mol. The number of hydrogen-bond donors (Lipinski definition) is 1. The van der Waals surface area contributed by atoms with E-state index in [9.17, 15) is 9.18 Å². The number of carbonyl (C=O) groups excluding carboxylic acids is 1. The maximum atomic E-state index is 14.0. The van der Waals surface area contributed by atoms with Gasteiger partial charge in [-0.15, -0.1) is 11.3 Å². The van der Waals surface area contributed by atoms with Crippen LogP contribution >= 0.6 is 11.3 Å². The molecule has 1 aliphatic rings. The maximum Gasteiger partial charge on any atom is 0.221 e. The zero-order chi connectivity index (χ0) is 14.3. The number of methoxy groups -OCH3 is 1. The van der Waals surface area contributed by atoms with Crippen LogP contribution in [0, 0.1) is 5.82 Å². The largest absolute Gasteiger partial charge is 0.496 e. The number of rotatable bonds is 2. The van der Waals surface area contributed by atoms with Crippen LogP contribution in [0.3, 0.4) is 0 Å². The number of halogens is 1. The van der Waals surface area contributed by atoms with Crippen molar-refractivity contribution in [1.82, 2.24) is 0 Å². The van der Waals surface area contributed by atoms with Crippen molar-refractivity contribution in [2.24, 2.45) is 0 Å². The van der Waals surface area contributed by atoms with Crippen molar-refractivity contribution in [2.45, 2.75) is 19.8 Å². The van der Waals surface area contributed by atoms with Crippen molar-refractivity contribution in [3.8, 4) is 16.2 Å². The van der Waals surface area contributed by atoms with Gasteiger partial charge in [0.2, 0.25) is 5.91 Å². The molecule has 0 saturated heterocycles. The summed E-state index contributed by atoms with van der Waals surface area (Å²) < 4.78 is 19.3. The second-order valence-corrected chi connectivity index (χ2v) is 5.80. The molecule has 1 aliphatic carbocycles. The highest BCUT2D eigenvalue weighted by molar-refractivity contribution is 7.19. The number of carbonyl (C=O) groups is 1. The number of benzene rings is 1. The monoisotopic (exact) mass is 291 g/mol. The first-order valence-corrected chi connectivity index (χ1v) is 7.18. The predicted octanol–water partition coefficient (Wildman–Crippen LogP) is 3.62. The SMILES string of the molecule is COc1ccc(F)c2c1-c1sc(NC(C)=O)cc1CC2. The lowest BCUT2D eigenvalue weighted by Crippen LogP contribution is -2.05. The van der Waals surface area contributed by atoms with Crippen LogP contribution in [0.4, 0.5) is 9.39 Å². The van der Waals surface area contributed by atoms with Crippen molar-refractivity contribution in [3.05, 3.63) is 35.1 Å². The summed E-state index contributed by atoms with van der Waals surface area (Å²) in [4.78, 5) is 12.2. The molecule has 2 aromatic rings. The van der Waals surface area contributed by atoms with Crippen LogP contribution in [0.5, 0.6) is 5.75 Å². The Morgan fingerprint density at radius 1 is 1.40 bits per heavy atom. The Hall–Kier alpha value is -1.88. The third kappa shape index (κ3) is 2.08. The van der Waals surface area contributed by atoms with Gasteiger partial charge in [-0.3, -0.25) is 4.79 Å². The van der Waals surface area contributed by atoms with E-state index >= 15 is 0 Å². The van der Waals surface area contributed by atoms with E-state index in [2.05, 4.69) is 5.32 Å². The van der Waals surface area contributed by atoms with Crippen LogP contribution in [-0.2, 0) is 17.6 Å². The lowest BCUT2D eigenvalue weighted by atomic mass is 9.90. The number of anilines is 1. The van der Waals surface area contributed by atoms with Crippen molar-refractivity contribution >= 4 is 22.2 Å². The fraction of sp³-hybridized carbons (Fsp3) is 0.267. The van der Waals surface area contributed by atoms with E-state index in [-0.39, 0.29) is 11.7 Å². The second kappa shape index (κ2) is 4.90. The third-order valence-electron chi connectivity index (χ3n) is 3.42. The van der Waals surface area contributed by atoms with Crippen LogP contribution in [0.2, 0.25) is 0 Å². The summed E-state index contributed by atoms with van der Waals surface area (Å²) in [7, 11) is 1.59. The molecule has 3 rings (SSSR count). The number of thiophene rings is 1. The smallest absolute Gasteiger partial charge is 0.221 e. The minimum Gasteiger partial charge on any atom is -0.496 e. The number of ether oxygens (including phenoxy) is 1. The summed E-state index contributed by atoms with van der Waals surface area (Å²) in [5.74, 6) is 0.384. The molecule has 1 N–H and O–H groups in total. The third-order valence-corrected chi connectivity index (χ3v) is 4.53. The van der Waals surface area contributed by atoms with Gasteiger partial charge in [-0.05, 0) is 36.6 Å². The van der Waals surface area contributed by atoms with Gasteiger partial charge in [0.25, 0.3) is 0 Å². The number of nitrogens with one attached hydrogen (secondary N) is 1. The molecule has 1 amide bonds. The first-order valence-electron chi connectivity index (χ1n) is 6.36. The minimum absolute atomic E-state index is 0.102. The molecule has 20 heavy (non-hydrogen) atoms. The number of hydrogen-bond acceptors (Lipinski definition) is 3. The molecule has 1 heterocycles. The van der Waals surface area contributed by atoms with Gasteiger partial charge in [0.05, 0.1) is 12.1 Å².